The van der Waals surface area contributed by atoms with Crippen LogP contribution in [0.25, 0.3) is 0 Å². The molecule has 0 aliphatic carbocycles. The van der Waals surface area contributed by atoms with E-state index in [2.05, 4.69) is 0 Å². The molecular weight excluding hydrogens is 155 g/mol. The van der Waals surface area contributed by atoms with Crippen LogP contribution in [0.4, 0.5) is 0 Å². The SMILES string of the molecule is CC1OP2OCC1(O)CO2. The number of fused-ring (bicyclic) bond motifs is 3. The summed E-state index contributed by atoms with van der Waals surface area (Å²) in [4.78, 5) is 0. The molecule has 58 valence electrons. The molecule has 4 nitrogen and oxygen atoms in total. The van der Waals surface area contributed by atoms with Crippen LogP contribution in [0.3, 0.4) is 0 Å². The van der Waals surface area contributed by atoms with Crippen LogP contribution in [-0.2, 0) is 13.6 Å². The van der Waals surface area contributed by atoms with Crippen molar-refractivity contribution in [2.24, 2.45) is 0 Å². The van der Waals surface area contributed by atoms with E-state index in [9.17, 15) is 5.11 Å². The minimum atomic E-state index is -1.13. The normalized spacial score (nSPS) is 53.4. The predicted octanol–water partition coefficient (Wildman–Crippen LogP) is 0.410. The van der Waals surface area contributed by atoms with Crippen LogP contribution in [0.1, 0.15) is 6.92 Å². The molecule has 3 aliphatic heterocycles. The zero-order valence-electron chi connectivity index (χ0n) is 5.61. The van der Waals surface area contributed by atoms with E-state index in [1.807, 2.05) is 6.92 Å². The van der Waals surface area contributed by atoms with Crippen LogP contribution in [0, 0.1) is 0 Å². The van der Waals surface area contributed by atoms with E-state index in [1.54, 1.807) is 0 Å². The smallest absolute Gasteiger partial charge is 0.333 e. The monoisotopic (exact) mass is 164 g/mol. The molecule has 0 spiro atoms. The summed E-state index contributed by atoms with van der Waals surface area (Å²) in [6.07, 6.45) is -0.152. The van der Waals surface area contributed by atoms with Crippen LogP contribution < -0.4 is 0 Å². The van der Waals surface area contributed by atoms with E-state index >= 15 is 0 Å². The van der Waals surface area contributed by atoms with Gasteiger partial charge in [0.2, 0.25) is 0 Å². The second-order valence-corrected chi connectivity index (χ2v) is 3.80. The maximum absolute atomic E-state index is 9.62. The summed E-state index contributed by atoms with van der Waals surface area (Å²) in [6, 6.07) is 0. The summed E-state index contributed by atoms with van der Waals surface area (Å²) in [5.74, 6) is 0. The van der Waals surface area contributed by atoms with Crippen molar-refractivity contribution in [3.05, 3.63) is 0 Å². The summed E-state index contributed by atoms with van der Waals surface area (Å²) in [6.45, 7) is 2.53. The Hall–Kier alpha value is 0.270. The number of hydrogen-bond donors (Lipinski definition) is 1. The summed E-state index contributed by atoms with van der Waals surface area (Å²) < 4.78 is 15.2. The fourth-order valence-electron chi connectivity index (χ4n) is 0.931. The van der Waals surface area contributed by atoms with Crippen LogP contribution in [-0.4, -0.2) is 30.0 Å². The Morgan fingerprint density at radius 3 is 2.40 bits per heavy atom. The van der Waals surface area contributed by atoms with Gasteiger partial charge in [0.15, 0.2) is 0 Å². The van der Waals surface area contributed by atoms with Gasteiger partial charge in [-0.1, -0.05) is 0 Å². The van der Waals surface area contributed by atoms with Crippen LogP contribution >= 0.6 is 8.60 Å². The second-order valence-electron chi connectivity index (χ2n) is 2.62. The van der Waals surface area contributed by atoms with Crippen molar-refractivity contribution in [3.63, 3.8) is 0 Å². The average Bonchev–Trinajstić information content (AvgIpc) is 1.92. The first-order valence-electron chi connectivity index (χ1n) is 3.16. The lowest BCUT2D eigenvalue weighted by Gasteiger charge is -2.44. The van der Waals surface area contributed by atoms with Crippen molar-refractivity contribution in [1.29, 1.82) is 0 Å². The fourth-order valence-corrected chi connectivity index (χ4v) is 2.24. The molecule has 3 rings (SSSR count). The molecule has 10 heavy (non-hydrogen) atoms. The Balaban J connectivity index is 2.17. The Kier molecular flexibility index (Phi) is 1.48. The van der Waals surface area contributed by atoms with Gasteiger partial charge in [-0.25, -0.2) is 0 Å². The van der Waals surface area contributed by atoms with Gasteiger partial charge in [-0.3, -0.25) is 0 Å². The second kappa shape index (κ2) is 2.13. The molecule has 3 aliphatic rings. The maximum atomic E-state index is 9.62. The summed E-state index contributed by atoms with van der Waals surface area (Å²) >= 11 is 0. The van der Waals surface area contributed by atoms with E-state index in [0.717, 1.165) is 0 Å². The molecule has 0 aromatic heterocycles. The van der Waals surface area contributed by atoms with Gasteiger partial charge in [0.25, 0.3) is 0 Å². The molecular formula is C5H9O4P. The summed E-state index contributed by atoms with van der Waals surface area (Å²) in [5.41, 5.74) is -0.906. The lowest BCUT2D eigenvalue weighted by Crippen LogP contribution is -2.55. The molecule has 0 aromatic carbocycles. The highest BCUT2D eigenvalue weighted by atomic mass is 31.2. The first-order chi connectivity index (χ1) is 4.71. The zero-order valence-corrected chi connectivity index (χ0v) is 6.51. The molecule has 2 bridgehead atoms. The molecule has 3 saturated heterocycles. The highest BCUT2D eigenvalue weighted by Crippen LogP contribution is 2.52. The van der Waals surface area contributed by atoms with Crippen LogP contribution in [0.15, 0.2) is 0 Å². The van der Waals surface area contributed by atoms with Crippen molar-refractivity contribution in [1.82, 2.24) is 0 Å². The summed E-state index contributed by atoms with van der Waals surface area (Å²) in [5, 5.41) is 9.62. The molecule has 0 aromatic rings. The maximum Gasteiger partial charge on any atom is 0.333 e. The van der Waals surface area contributed by atoms with Crippen molar-refractivity contribution in [2.75, 3.05) is 13.2 Å². The van der Waals surface area contributed by atoms with E-state index in [0.29, 0.717) is 13.2 Å². The highest BCUT2D eigenvalue weighted by Gasteiger charge is 2.48. The van der Waals surface area contributed by atoms with Crippen molar-refractivity contribution in [3.8, 4) is 0 Å². The van der Waals surface area contributed by atoms with Crippen LogP contribution in [0.2, 0.25) is 0 Å². The number of rotatable bonds is 0. The van der Waals surface area contributed by atoms with E-state index in [1.165, 1.54) is 0 Å². The Labute approximate surface area is 60.1 Å². The number of hydrogen-bond acceptors (Lipinski definition) is 4. The quantitative estimate of drug-likeness (QED) is 0.527. The third-order valence-corrected chi connectivity index (χ3v) is 3.01. The molecule has 1 atom stereocenters. The van der Waals surface area contributed by atoms with Gasteiger partial charge in [0.1, 0.15) is 5.60 Å². The van der Waals surface area contributed by atoms with E-state index < -0.39 is 14.2 Å². The summed E-state index contributed by atoms with van der Waals surface area (Å²) in [7, 11) is -1.13. The third kappa shape index (κ3) is 0.881. The van der Waals surface area contributed by atoms with Gasteiger partial charge >= 0.3 is 8.60 Å². The standard InChI is InChI=1S/C5H9O4P/c1-4-5(6)2-7-10(9-4)8-3-5/h4,6H,2-3H2,1H3. The van der Waals surface area contributed by atoms with Gasteiger partial charge in [0.05, 0.1) is 19.3 Å². The lowest BCUT2D eigenvalue weighted by atomic mass is 10.0. The first kappa shape index (κ1) is 6.95. The van der Waals surface area contributed by atoms with Crippen LogP contribution in [0.5, 0.6) is 0 Å². The minimum Gasteiger partial charge on any atom is -0.382 e. The fraction of sp³-hybridized carbons (Fsp3) is 1.00. The average molecular weight is 164 g/mol. The number of aliphatic hydroxyl groups is 1. The molecule has 0 amide bonds. The molecule has 0 saturated carbocycles. The van der Waals surface area contributed by atoms with E-state index in [4.69, 9.17) is 13.6 Å². The molecule has 3 fully saturated rings. The van der Waals surface area contributed by atoms with Gasteiger partial charge in [0, 0.05) is 0 Å². The topological polar surface area (TPSA) is 47.9 Å². The Morgan fingerprint density at radius 2 is 2.10 bits per heavy atom. The lowest BCUT2D eigenvalue weighted by molar-refractivity contribution is -0.172. The van der Waals surface area contributed by atoms with Gasteiger partial charge in [-0.05, 0) is 6.92 Å². The Bertz CT molecular complexity index is 143. The molecule has 1 unspecified atom stereocenters. The van der Waals surface area contributed by atoms with Gasteiger partial charge in [-0.2, -0.15) is 0 Å². The zero-order chi connectivity index (χ0) is 7.19. The largest absolute Gasteiger partial charge is 0.382 e. The third-order valence-electron chi connectivity index (χ3n) is 1.84. The van der Waals surface area contributed by atoms with Crippen molar-refractivity contribution < 1.29 is 18.7 Å². The molecule has 5 heteroatoms. The highest BCUT2D eigenvalue weighted by molar-refractivity contribution is 7.41. The van der Waals surface area contributed by atoms with Crippen molar-refractivity contribution in [2.45, 2.75) is 18.6 Å². The molecule has 1 N–H and O–H groups in total. The van der Waals surface area contributed by atoms with Crippen molar-refractivity contribution >= 4 is 8.60 Å². The van der Waals surface area contributed by atoms with Gasteiger partial charge in [-0.15, -0.1) is 0 Å². The minimum absolute atomic E-state index is 0.152. The van der Waals surface area contributed by atoms with Gasteiger partial charge < -0.3 is 18.7 Å². The predicted molar refractivity (Wildman–Crippen MR) is 34.3 cm³/mol. The molecule has 3 heterocycles. The Morgan fingerprint density at radius 1 is 1.50 bits per heavy atom. The van der Waals surface area contributed by atoms with E-state index in [-0.39, 0.29) is 6.10 Å². The first-order valence-corrected chi connectivity index (χ1v) is 4.25. The molecule has 0 radical (unpaired) electrons.